The molecule has 0 radical (unpaired) electrons. The van der Waals surface area contributed by atoms with Crippen LogP contribution in [0.3, 0.4) is 0 Å². The summed E-state index contributed by atoms with van der Waals surface area (Å²) in [6, 6.07) is 13.7. The zero-order chi connectivity index (χ0) is 15.2. The van der Waals surface area contributed by atoms with E-state index in [1.807, 2.05) is 50.2 Å². The van der Waals surface area contributed by atoms with Crippen LogP contribution in [0, 0.1) is 5.92 Å². The molecule has 0 saturated heterocycles. The SMILES string of the molecule is CC(Cc1cccs1)NC(=O)C(C)C(N)c1ccccc1.Cl. The Hall–Kier alpha value is -1.36. The fraction of sp³-hybridized carbons (Fsp3) is 0.353. The third kappa shape index (κ3) is 5.13. The summed E-state index contributed by atoms with van der Waals surface area (Å²) in [5.74, 6) is -0.242. The second-order valence-corrected chi connectivity index (χ2v) is 6.45. The lowest BCUT2D eigenvalue weighted by molar-refractivity contribution is -0.125. The number of hydrogen-bond acceptors (Lipinski definition) is 3. The quantitative estimate of drug-likeness (QED) is 0.846. The van der Waals surface area contributed by atoms with Crippen molar-refractivity contribution in [2.24, 2.45) is 11.7 Å². The van der Waals surface area contributed by atoms with E-state index in [0.717, 1.165) is 12.0 Å². The third-order valence-electron chi connectivity index (χ3n) is 3.61. The van der Waals surface area contributed by atoms with Crippen LogP contribution in [0.15, 0.2) is 47.8 Å². The molecule has 3 atom stereocenters. The van der Waals surface area contributed by atoms with Crippen LogP contribution >= 0.6 is 23.7 Å². The summed E-state index contributed by atoms with van der Waals surface area (Å²) in [4.78, 5) is 13.6. The maximum Gasteiger partial charge on any atom is 0.224 e. The van der Waals surface area contributed by atoms with Gasteiger partial charge in [0.25, 0.3) is 0 Å². The van der Waals surface area contributed by atoms with Crippen molar-refractivity contribution in [1.29, 1.82) is 0 Å². The molecule has 0 aliphatic rings. The molecule has 3 N–H and O–H groups in total. The van der Waals surface area contributed by atoms with Crippen LogP contribution in [0.5, 0.6) is 0 Å². The highest BCUT2D eigenvalue weighted by Gasteiger charge is 2.23. The van der Waals surface area contributed by atoms with E-state index in [1.165, 1.54) is 4.88 Å². The summed E-state index contributed by atoms with van der Waals surface area (Å²) in [5, 5.41) is 5.11. The van der Waals surface area contributed by atoms with Gasteiger partial charge >= 0.3 is 0 Å². The maximum absolute atomic E-state index is 12.3. The zero-order valence-corrected chi connectivity index (χ0v) is 14.5. The van der Waals surface area contributed by atoms with Gasteiger partial charge in [-0.3, -0.25) is 4.79 Å². The molecule has 0 saturated carbocycles. The first-order chi connectivity index (χ1) is 10.1. The van der Waals surface area contributed by atoms with Crippen LogP contribution in [-0.2, 0) is 11.2 Å². The monoisotopic (exact) mass is 338 g/mol. The molecule has 3 nitrogen and oxygen atoms in total. The predicted molar refractivity (Wildman–Crippen MR) is 95.4 cm³/mol. The minimum Gasteiger partial charge on any atom is -0.353 e. The number of carbonyl (C=O) groups excluding carboxylic acids is 1. The molecule has 1 amide bonds. The second-order valence-electron chi connectivity index (χ2n) is 5.42. The van der Waals surface area contributed by atoms with Crippen LogP contribution in [0.25, 0.3) is 0 Å². The van der Waals surface area contributed by atoms with Gasteiger partial charge in [0, 0.05) is 23.4 Å². The van der Waals surface area contributed by atoms with Crippen LogP contribution in [-0.4, -0.2) is 11.9 Å². The van der Waals surface area contributed by atoms with E-state index in [1.54, 1.807) is 11.3 Å². The van der Waals surface area contributed by atoms with Gasteiger partial charge in [0.05, 0.1) is 5.92 Å². The molecular formula is C17H23ClN2OS. The lowest BCUT2D eigenvalue weighted by atomic mass is 9.94. The molecule has 2 aromatic rings. The second kappa shape index (κ2) is 8.93. The van der Waals surface area contributed by atoms with Crippen molar-refractivity contribution in [1.82, 2.24) is 5.32 Å². The van der Waals surface area contributed by atoms with Gasteiger partial charge in [-0.15, -0.1) is 23.7 Å². The van der Waals surface area contributed by atoms with Gasteiger partial charge in [-0.1, -0.05) is 43.3 Å². The molecule has 2 rings (SSSR count). The summed E-state index contributed by atoms with van der Waals surface area (Å²) < 4.78 is 0. The average Bonchev–Trinajstić information content (AvgIpc) is 2.99. The molecule has 1 heterocycles. The number of thiophene rings is 1. The number of benzene rings is 1. The van der Waals surface area contributed by atoms with Crippen LogP contribution in [0.4, 0.5) is 0 Å². The molecular weight excluding hydrogens is 316 g/mol. The van der Waals surface area contributed by atoms with Gasteiger partial charge in [-0.25, -0.2) is 0 Å². The number of nitrogens with two attached hydrogens (primary N) is 1. The van der Waals surface area contributed by atoms with Gasteiger partial charge in [0.1, 0.15) is 0 Å². The minimum absolute atomic E-state index is 0. The van der Waals surface area contributed by atoms with Crippen molar-refractivity contribution >= 4 is 29.7 Å². The van der Waals surface area contributed by atoms with Crippen LogP contribution in [0.1, 0.15) is 30.3 Å². The Balaban J connectivity index is 0.00000242. The predicted octanol–water partition coefficient (Wildman–Crippen LogP) is 3.55. The molecule has 1 aromatic carbocycles. The Morgan fingerprint density at radius 3 is 2.45 bits per heavy atom. The number of carbonyl (C=O) groups is 1. The van der Waals surface area contributed by atoms with Crippen molar-refractivity contribution < 1.29 is 4.79 Å². The molecule has 0 aliphatic carbocycles. The summed E-state index contributed by atoms with van der Waals surface area (Å²) in [5.41, 5.74) is 7.18. The van der Waals surface area contributed by atoms with E-state index < -0.39 is 0 Å². The highest BCUT2D eigenvalue weighted by Crippen LogP contribution is 2.19. The molecule has 3 unspecified atom stereocenters. The fourth-order valence-corrected chi connectivity index (χ4v) is 3.12. The van der Waals surface area contributed by atoms with Gasteiger partial charge in [-0.2, -0.15) is 0 Å². The molecule has 0 fully saturated rings. The molecule has 5 heteroatoms. The number of hydrogen-bond donors (Lipinski definition) is 2. The standard InChI is InChI=1S/C17H22N2OS.ClH/c1-12(11-15-9-6-10-21-15)19-17(20)13(2)16(18)14-7-4-3-5-8-14;/h3-10,12-13,16H,11,18H2,1-2H3,(H,19,20);1H. The summed E-state index contributed by atoms with van der Waals surface area (Å²) in [6.07, 6.45) is 0.858. The topological polar surface area (TPSA) is 55.1 Å². The van der Waals surface area contributed by atoms with E-state index in [0.29, 0.717) is 0 Å². The smallest absolute Gasteiger partial charge is 0.224 e. The van der Waals surface area contributed by atoms with Crippen molar-refractivity contribution in [2.75, 3.05) is 0 Å². The van der Waals surface area contributed by atoms with Crippen molar-refractivity contribution in [3.63, 3.8) is 0 Å². The number of halogens is 1. The first kappa shape index (κ1) is 18.7. The van der Waals surface area contributed by atoms with Gasteiger partial charge in [0.15, 0.2) is 0 Å². The summed E-state index contributed by atoms with van der Waals surface area (Å²) in [6.45, 7) is 3.91. The van der Waals surface area contributed by atoms with Gasteiger partial charge < -0.3 is 11.1 Å². The van der Waals surface area contributed by atoms with E-state index in [9.17, 15) is 4.79 Å². The molecule has 120 valence electrons. The first-order valence-corrected chi connectivity index (χ1v) is 8.09. The number of nitrogens with one attached hydrogen (secondary N) is 1. The normalized spacial score (nSPS) is 14.5. The third-order valence-corrected chi connectivity index (χ3v) is 4.51. The lowest BCUT2D eigenvalue weighted by Gasteiger charge is -2.22. The summed E-state index contributed by atoms with van der Waals surface area (Å²) in [7, 11) is 0. The van der Waals surface area contributed by atoms with E-state index >= 15 is 0 Å². The van der Waals surface area contributed by atoms with E-state index in [4.69, 9.17) is 5.73 Å². The van der Waals surface area contributed by atoms with E-state index in [2.05, 4.69) is 16.8 Å². The first-order valence-electron chi connectivity index (χ1n) is 7.21. The highest BCUT2D eigenvalue weighted by molar-refractivity contribution is 7.09. The van der Waals surface area contributed by atoms with Crippen LogP contribution in [0.2, 0.25) is 0 Å². The molecule has 0 bridgehead atoms. The Kier molecular flexibility index (Phi) is 7.59. The molecule has 0 aliphatic heterocycles. The van der Waals surface area contributed by atoms with Gasteiger partial charge in [0.2, 0.25) is 5.91 Å². The molecule has 1 aromatic heterocycles. The Bertz CT molecular complexity index is 559. The highest BCUT2D eigenvalue weighted by atomic mass is 35.5. The minimum atomic E-state index is -0.278. The Labute approximate surface area is 142 Å². The lowest BCUT2D eigenvalue weighted by Crippen LogP contribution is -2.40. The largest absolute Gasteiger partial charge is 0.353 e. The van der Waals surface area contributed by atoms with Crippen LogP contribution < -0.4 is 11.1 Å². The Morgan fingerprint density at radius 1 is 1.18 bits per heavy atom. The van der Waals surface area contributed by atoms with Crippen molar-refractivity contribution in [2.45, 2.75) is 32.4 Å². The van der Waals surface area contributed by atoms with E-state index in [-0.39, 0.29) is 36.3 Å². The average molecular weight is 339 g/mol. The van der Waals surface area contributed by atoms with Crippen molar-refractivity contribution in [3.8, 4) is 0 Å². The van der Waals surface area contributed by atoms with Gasteiger partial charge in [-0.05, 0) is 23.9 Å². The Morgan fingerprint density at radius 2 is 1.86 bits per heavy atom. The number of amides is 1. The fourth-order valence-electron chi connectivity index (χ4n) is 2.28. The zero-order valence-electron chi connectivity index (χ0n) is 12.9. The number of rotatable bonds is 6. The summed E-state index contributed by atoms with van der Waals surface area (Å²) >= 11 is 1.71. The molecule has 0 spiro atoms. The van der Waals surface area contributed by atoms with Crippen molar-refractivity contribution in [3.05, 3.63) is 58.3 Å². The molecule has 22 heavy (non-hydrogen) atoms. The maximum atomic E-state index is 12.3.